The third-order valence-electron chi connectivity index (χ3n) is 3.40. The minimum absolute atomic E-state index is 0. The zero-order chi connectivity index (χ0) is 13.4. The Hall–Kier alpha value is -0.810. The fourth-order valence-electron chi connectivity index (χ4n) is 2.05. The Labute approximate surface area is 121 Å². The first-order chi connectivity index (χ1) is 8.65. The van der Waals surface area contributed by atoms with Gasteiger partial charge in [-0.3, -0.25) is 9.59 Å². The van der Waals surface area contributed by atoms with E-state index in [-0.39, 0.29) is 30.1 Å². The molecule has 2 amide bonds. The lowest BCUT2D eigenvalue weighted by molar-refractivity contribution is -0.131. The van der Waals surface area contributed by atoms with Gasteiger partial charge < -0.3 is 16.0 Å². The maximum Gasteiger partial charge on any atom is 0.224 e. The van der Waals surface area contributed by atoms with Gasteiger partial charge in [0, 0.05) is 38.5 Å². The average Bonchev–Trinajstić information content (AvgIpc) is 2.66. The molecule has 1 fully saturated rings. The summed E-state index contributed by atoms with van der Waals surface area (Å²) >= 11 is 0. The van der Waals surface area contributed by atoms with Gasteiger partial charge in [-0.1, -0.05) is 19.8 Å². The first-order valence-corrected chi connectivity index (χ1v) is 6.90. The molecule has 1 atom stereocenters. The molecule has 1 saturated heterocycles. The molecular weight excluding hydrogens is 266 g/mol. The molecule has 0 bridgehead atoms. The summed E-state index contributed by atoms with van der Waals surface area (Å²) < 4.78 is 0. The summed E-state index contributed by atoms with van der Waals surface area (Å²) in [5.41, 5.74) is 5.40. The van der Waals surface area contributed by atoms with Crippen LogP contribution >= 0.6 is 12.4 Å². The van der Waals surface area contributed by atoms with Gasteiger partial charge in [0.1, 0.15) is 0 Å². The number of hydrogen-bond donors (Lipinski definition) is 2. The van der Waals surface area contributed by atoms with E-state index >= 15 is 0 Å². The minimum Gasteiger partial charge on any atom is -0.355 e. The molecule has 0 saturated carbocycles. The van der Waals surface area contributed by atoms with Crippen LogP contribution in [0.3, 0.4) is 0 Å². The fraction of sp³-hybridized carbons (Fsp3) is 0.846. The quantitative estimate of drug-likeness (QED) is 0.791. The smallest absolute Gasteiger partial charge is 0.224 e. The van der Waals surface area contributed by atoms with Crippen LogP contribution in [0.5, 0.6) is 0 Å². The van der Waals surface area contributed by atoms with Crippen molar-refractivity contribution in [2.45, 2.75) is 39.0 Å². The third kappa shape index (κ3) is 6.78. The highest BCUT2D eigenvalue weighted by Gasteiger charge is 2.16. The molecule has 0 aromatic heterocycles. The SMILES string of the molecule is CC(CN)C(=O)NCCC(=O)N1CCCCCC1.Cl. The van der Waals surface area contributed by atoms with Crippen molar-refractivity contribution in [1.29, 1.82) is 0 Å². The van der Waals surface area contributed by atoms with Crippen molar-refractivity contribution in [3.8, 4) is 0 Å². The van der Waals surface area contributed by atoms with E-state index < -0.39 is 0 Å². The Morgan fingerprint density at radius 3 is 2.32 bits per heavy atom. The van der Waals surface area contributed by atoms with Crippen LogP contribution < -0.4 is 11.1 Å². The van der Waals surface area contributed by atoms with E-state index in [4.69, 9.17) is 5.73 Å². The average molecular weight is 292 g/mol. The molecule has 1 heterocycles. The van der Waals surface area contributed by atoms with Crippen LogP contribution in [0.15, 0.2) is 0 Å². The molecule has 0 aliphatic carbocycles. The van der Waals surface area contributed by atoms with Gasteiger partial charge in [0.05, 0.1) is 0 Å². The highest BCUT2D eigenvalue weighted by Crippen LogP contribution is 2.10. The molecule has 19 heavy (non-hydrogen) atoms. The molecule has 0 aromatic rings. The largest absolute Gasteiger partial charge is 0.355 e. The number of amides is 2. The summed E-state index contributed by atoms with van der Waals surface area (Å²) in [7, 11) is 0. The van der Waals surface area contributed by atoms with E-state index in [9.17, 15) is 9.59 Å². The predicted octanol–water partition coefficient (Wildman–Crippen LogP) is 0.912. The van der Waals surface area contributed by atoms with Crippen molar-refractivity contribution in [3.05, 3.63) is 0 Å². The van der Waals surface area contributed by atoms with Gasteiger partial charge in [-0.05, 0) is 12.8 Å². The molecule has 3 N–H and O–H groups in total. The summed E-state index contributed by atoms with van der Waals surface area (Å²) in [6, 6.07) is 0. The number of nitrogens with two attached hydrogens (primary N) is 1. The van der Waals surface area contributed by atoms with E-state index in [0.717, 1.165) is 25.9 Å². The Morgan fingerprint density at radius 2 is 1.79 bits per heavy atom. The van der Waals surface area contributed by atoms with E-state index in [1.807, 2.05) is 4.90 Å². The lowest BCUT2D eigenvalue weighted by Crippen LogP contribution is -2.37. The number of carbonyl (C=O) groups is 2. The van der Waals surface area contributed by atoms with Crippen molar-refractivity contribution in [2.24, 2.45) is 11.7 Å². The number of carbonyl (C=O) groups excluding carboxylic acids is 2. The van der Waals surface area contributed by atoms with Gasteiger partial charge in [-0.15, -0.1) is 12.4 Å². The van der Waals surface area contributed by atoms with Gasteiger partial charge >= 0.3 is 0 Å². The Kier molecular flexibility index (Phi) is 9.61. The molecule has 6 heteroatoms. The van der Waals surface area contributed by atoms with Crippen LogP contribution in [-0.4, -0.2) is 42.9 Å². The van der Waals surface area contributed by atoms with Gasteiger partial charge in [0.2, 0.25) is 11.8 Å². The highest BCUT2D eigenvalue weighted by molar-refractivity contribution is 5.85. The lowest BCUT2D eigenvalue weighted by Gasteiger charge is -2.20. The van der Waals surface area contributed by atoms with E-state index in [1.165, 1.54) is 12.8 Å². The first-order valence-electron chi connectivity index (χ1n) is 6.90. The molecule has 1 aliphatic rings. The van der Waals surface area contributed by atoms with Gasteiger partial charge in [0.25, 0.3) is 0 Å². The first kappa shape index (κ1) is 18.2. The lowest BCUT2D eigenvalue weighted by atomic mass is 10.1. The summed E-state index contributed by atoms with van der Waals surface area (Å²) in [4.78, 5) is 25.3. The van der Waals surface area contributed by atoms with Crippen LogP contribution in [0.25, 0.3) is 0 Å². The molecule has 1 aliphatic heterocycles. The summed E-state index contributed by atoms with van der Waals surface area (Å²) in [5, 5.41) is 2.75. The fourth-order valence-corrected chi connectivity index (χ4v) is 2.05. The number of nitrogens with one attached hydrogen (secondary N) is 1. The van der Waals surface area contributed by atoms with Crippen molar-refractivity contribution >= 4 is 24.2 Å². The van der Waals surface area contributed by atoms with E-state index in [2.05, 4.69) is 5.32 Å². The van der Waals surface area contributed by atoms with Crippen LogP contribution in [0, 0.1) is 5.92 Å². The predicted molar refractivity (Wildman–Crippen MR) is 78.1 cm³/mol. The molecular formula is C13H26ClN3O2. The van der Waals surface area contributed by atoms with E-state index in [0.29, 0.717) is 19.5 Å². The molecule has 5 nitrogen and oxygen atoms in total. The van der Waals surface area contributed by atoms with Gasteiger partial charge in [-0.25, -0.2) is 0 Å². The maximum atomic E-state index is 11.9. The second-order valence-corrected chi connectivity index (χ2v) is 4.97. The van der Waals surface area contributed by atoms with Gasteiger partial charge in [-0.2, -0.15) is 0 Å². The normalized spacial score (nSPS) is 17.1. The molecule has 1 rings (SSSR count). The van der Waals surface area contributed by atoms with Crippen LogP contribution in [-0.2, 0) is 9.59 Å². The summed E-state index contributed by atoms with van der Waals surface area (Å²) in [6.07, 6.45) is 5.02. The number of nitrogens with zero attached hydrogens (tertiary/aromatic N) is 1. The second-order valence-electron chi connectivity index (χ2n) is 4.97. The van der Waals surface area contributed by atoms with Crippen molar-refractivity contribution in [1.82, 2.24) is 10.2 Å². The van der Waals surface area contributed by atoms with Crippen molar-refractivity contribution in [3.63, 3.8) is 0 Å². The molecule has 112 valence electrons. The number of rotatable bonds is 5. The molecule has 0 aromatic carbocycles. The zero-order valence-corrected chi connectivity index (χ0v) is 12.5. The van der Waals surface area contributed by atoms with Crippen molar-refractivity contribution < 1.29 is 9.59 Å². The highest BCUT2D eigenvalue weighted by atomic mass is 35.5. The maximum absolute atomic E-state index is 11.9. The number of hydrogen-bond acceptors (Lipinski definition) is 3. The van der Waals surface area contributed by atoms with Crippen molar-refractivity contribution in [2.75, 3.05) is 26.2 Å². The molecule has 0 radical (unpaired) electrons. The summed E-state index contributed by atoms with van der Waals surface area (Å²) in [6.45, 7) is 4.27. The number of likely N-dealkylation sites (tertiary alicyclic amines) is 1. The van der Waals surface area contributed by atoms with Gasteiger partial charge in [0.15, 0.2) is 0 Å². The van der Waals surface area contributed by atoms with Crippen LogP contribution in [0.2, 0.25) is 0 Å². The molecule has 1 unspecified atom stereocenters. The number of halogens is 1. The monoisotopic (exact) mass is 291 g/mol. The summed E-state index contributed by atoms with van der Waals surface area (Å²) in [5.74, 6) is -0.0999. The van der Waals surface area contributed by atoms with Crippen LogP contribution in [0.4, 0.5) is 0 Å². The second kappa shape index (κ2) is 10.0. The molecule has 0 spiro atoms. The van der Waals surface area contributed by atoms with Crippen LogP contribution in [0.1, 0.15) is 39.0 Å². The Morgan fingerprint density at radius 1 is 1.21 bits per heavy atom. The topological polar surface area (TPSA) is 75.4 Å². The minimum atomic E-state index is -0.182. The van der Waals surface area contributed by atoms with E-state index in [1.54, 1.807) is 6.92 Å². The standard InChI is InChI=1S/C13H25N3O2.ClH/c1-11(10-14)13(18)15-7-6-12(17)16-8-4-2-3-5-9-16;/h11H,2-10,14H2,1H3,(H,15,18);1H. The Bertz CT molecular complexity index is 279. The Balaban J connectivity index is 0.00000324. The zero-order valence-electron chi connectivity index (χ0n) is 11.7. The third-order valence-corrected chi connectivity index (χ3v) is 3.40.